The third-order valence-electron chi connectivity index (χ3n) is 1.50. The molecule has 68 valence electrons. The molecule has 1 aliphatic carbocycles. The number of primary amides is 2. The Labute approximate surface area is 67.9 Å². The first kappa shape index (κ1) is 12.9. The lowest BCUT2D eigenvalue weighted by atomic mass is 10.0. The van der Waals surface area contributed by atoms with Crippen LogP contribution in [0.5, 0.6) is 0 Å². The van der Waals surface area contributed by atoms with Gasteiger partial charge in [0.15, 0.2) is 0 Å². The van der Waals surface area contributed by atoms with Crippen LogP contribution in [0.3, 0.4) is 0 Å². The van der Waals surface area contributed by atoms with Crippen LogP contribution >= 0.6 is 0 Å². The molecule has 0 radical (unpaired) electrons. The molecule has 0 aromatic heterocycles. The highest BCUT2D eigenvalue weighted by molar-refractivity contribution is 5.69. The zero-order valence-corrected chi connectivity index (χ0v) is 7.01. The lowest BCUT2D eigenvalue weighted by Crippen LogP contribution is -2.18. The average Bonchev–Trinajstić information content (AvgIpc) is 1.90. The molecule has 1 aliphatic rings. The average molecular weight is 161 g/mol. The van der Waals surface area contributed by atoms with Gasteiger partial charge in [-0.3, -0.25) is 0 Å². The van der Waals surface area contributed by atoms with Crippen LogP contribution in [0.2, 0.25) is 0 Å². The molecule has 0 aliphatic heterocycles. The second-order valence-corrected chi connectivity index (χ2v) is 2.52. The first-order valence-electron chi connectivity index (χ1n) is 3.78. The zero-order chi connectivity index (χ0) is 7.82. The van der Waals surface area contributed by atoms with Gasteiger partial charge in [0.05, 0.1) is 0 Å². The van der Waals surface area contributed by atoms with E-state index in [9.17, 15) is 0 Å². The van der Waals surface area contributed by atoms with E-state index in [0.29, 0.717) is 0 Å². The Hall–Kier alpha value is -0.770. The minimum absolute atomic E-state index is 0. The van der Waals surface area contributed by atoms with Gasteiger partial charge in [0.2, 0.25) is 0 Å². The van der Waals surface area contributed by atoms with Crippen LogP contribution in [0.1, 0.15) is 38.5 Å². The monoisotopic (exact) mass is 161 g/mol. The summed E-state index contributed by atoms with van der Waals surface area (Å²) in [6.45, 7) is 0. The van der Waals surface area contributed by atoms with E-state index in [1.807, 2.05) is 0 Å². The van der Waals surface area contributed by atoms with E-state index in [2.05, 4.69) is 11.5 Å². The van der Waals surface area contributed by atoms with Gasteiger partial charge in [-0.1, -0.05) is 38.5 Å². The largest absolute Gasteiger partial charge is 0.352 e. The van der Waals surface area contributed by atoms with Gasteiger partial charge in [0, 0.05) is 0 Å². The van der Waals surface area contributed by atoms with Crippen LogP contribution in [0.25, 0.3) is 0 Å². The van der Waals surface area contributed by atoms with Crippen molar-refractivity contribution in [2.45, 2.75) is 38.5 Å². The van der Waals surface area contributed by atoms with Crippen molar-refractivity contribution in [2.75, 3.05) is 0 Å². The predicted octanol–water partition coefficient (Wildman–Crippen LogP) is 1.53. The summed E-state index contributed by atoms with van der Waals surface area (Å²) in [5, 5.41) is 0. The number of urea groups is 1. The molecule has 1 rings (SSSR count). The van der Waals surface area contributed by atoms with Crippen molar-refractivity contribution in [1.82, 2.24) is 6.15 Å². The Kier molecular flexibility index (Phi) is 10.8. The molecule has 0 spiro atoms. The van der Waals surface area contributed by atoms with Crippen LogP contribution in [0, 0.1) is 0 Å². The van der Waals surface area contributed by atoms with Crippen molar-refractivity contribution in [1.29, 1.82) is 0 Å². The second-order valence-electron chi connectivity index (χ2n) is 2.52. The quantitative estimate of drug-likeness (QED) is 0.501. The Morgan fingerprint density at radius 2 is 0.909 bits per heavy atom. The van der Waals surface area contributed by atoms with Crippen molar-refractivity contribution in [3.63, 3.8) is 0 Å². The maximum atomic E-state index is 9.00. The Balaban J connectivity index is 0. The maximum absolute atomic E-state index is 9.00. The zero-order valence-electron chi connectivity index (χ0n) is 7.01. The molecular formula is C7H19N3O. The molecule has 0 atom stereocenters. The summed E-state index contributed by atoms with van der Waals surface area (Å²) in [6, 6.07) is -0.833. The molecule has 4 heteroatoms. The lowest BCUT2D eigenvalue weighted by molar-refractivity contribution is 0.256. The smallest absolute Gasteiger partial charge is 0.309 e. The van der Waals surface area contributed by atoms with E-state index in [1.165, 1.54) is 38.5 Å². The topological polar surface area (TPSA) is 104 Å². The number of carbonyl (C=O) groups is 1. The molecule has 2 amide bonds. The summed E-state index contributed by atoms with van der Waals surface area (Å²) >= 11 is 0. The van der Waals surface area contributed by atoms with Crippen LogP contribution in [-0.4, -0.2) is 6.03 Å². The van der Waals surface area contributed by atoms with Gasteiger partial charge < -0.3 is 17.6 Å². The summed E-state index contributed by atoms with van der Waals surface area (Å²) in [5.41, 5.74) is 8.50. The van der Waals surface area contributed by atoms with Gasteiger partial charge in [-0.25, -0.2) is 4.79 Å². The van der Waals surface area contributed by atoms with Gasteiger partial charge in [0.1, 0.15) is 0 Å². The number of amides is 2. The molecule has 0 unspecified atom stereocenters. The molecule has 0 saturated heterocycles. The first-order chi connectivity index (χ1) is 4.73. The Bertz CT molecular complexity index is 76.2. The van der Waals surface area contributed by atoms with Crippen molar-refractivity contribution in [2.24, 2.45) is 11.5 Å². The van der Waals surface area contributed by atoms with Gasteiger partial charge in [-0.2, -0.15) is 0 Å². The van der Waals surface area contributed by atoms with E-state index in [4.69, 9.17) is 4.79 Å². The number of rotatable bonds is 0. The van der Waals surface area contributed by atoms with E-state index in [-0.39, 0.29) is 6.15 Å². The second kappa shape index (κ2) is 9.23. The van der Waals surface area contributed by atoms with E-state index >= 15 is 0 Å². The van der Waals surface area contributed by atoms with E-state index < -0.39 is 6.03 Å². The summed E-state index contributed by atoms with van der Waals surface area (Å²) < 4.78 is 0. The van der Waals surface area contributed by atoms with Crippen molar-refractivity contribution in [3.8, 4) is 0 Å². The Morgan fingerprint density at radius 3 is 1.00 bits per heavy atom. The van der Waals surface area contributed by atoms with Crippen LogP contribution in [-0.2, 0) is 0 Å². The van der Waals surface area contributed by atoms with Crippen LogP contribution in [0.4, 0.5) is 4.79 Å². The van der Waals surface area contributed by atoms with Gasteiger partial charge in [0.25, 0.3) is 0 Å². The number of hydrogen-bond acceptors (Lipinski definition) is 2. The highest BCUT2D eigenvalue weighted by Gasteiger charge is 1.95. The highest BCUT2D eigenvalue weighted by atomic mass is 16.2. The third-order valence-corrected chi connectivity index (χ3v) is 1.50. The van der Waals surface area contributed by atoms with Gasteiger partial charge in [-0.15, -0.1) is 0 Å². The number of hydrogen-bond donors (Lipinski definition) is 3. The molecule has 0 bridgehead atoms. The fourth-order valence-electron chi connectivity index (χ4n) is 1.06. The van der Waals surface area contributed by atoms with Crippen LogP contribution < -0.4 is 17.6 Å². The van der Waals surface area contributed by atoms with E-state index in [1.54, 1.807) is 0 Å². The molecule has 1 saturated carbocycles. The summed E-state index contributed by atoms with van der Waals surface area (Å²) in [5.74, 6) is 0. The molecule has 0 aromatic carbocycles. The fourth-order valence-corrected chi connectivity index (χ4v) is 1.06. The molecular weight excluding hydrogens is 142 g/mol. The predicted molar refractivity (Wildman–Crippen MR) is 46.5 cm³/mol. The number of carbonyl (C=O) groups excluding carboxylic acids is 1. The van der Waals surface area contributed by atoms with E-state index in [0.717, 1.165) is 0 Å². The Morgan fingerprint density at radius 1 is 0.818 bits per heavy atom. The molecule has 11 heavy (non-hydrogen) atoms. The highest BCUT2D eigenvalue weighted by Crippen LogP contribution is 2.15. The molecule has 1 fully saturated rings. The number of nitrogens with two attached hydrogens (primary N) is 2. The van der Waals surface area contributed by atoms with Gasteiger partial charge >= 0.3 is 6.03 Å². The van der Waals surface area contributed by atoms with Crippen molar-refractivity contribution >= 4 is 6.03 Å². The summed E-state index contributed by atoms with van der Waals surface area (Å²) in [4.78, 5) is 9.00. The van der Waals surface area contributed by atoms with Gasteiger partial charge in [-0.05, 0) is 0 Å². The molecule has 4 nitrogen and oxygen atoms in total. The fraction of sp³-hybridized carbons (Fsp3) is 0.857. The minimum atomic E-state index is -0.833. The van der Waals surface area contributed by atoms with Crippen molar-refractivity contribution in [3.05, 3.63) is 0 Å². The summed E-state index contributed by atoms with van der Waals surface area (Å²) in [7, 11) is 0. The SMILES string of the molecule is C1CCCCC1.N.NC(N)=O. The molecule has 0 aromatic rings. The third kappa shape index (κ3) is 17.6. The maximum Gasteiger partial charge on any atom is 0.309 e. The molecule has 0 heterocycles. The standard InChI is InChI=1S/C6H12.CH4N2O.H3N/c1-2-4-6-5-3-1;2-1(3)4;/h1-6H2;(H4,2,3,4);1H3. The van der Waals surface area contributed by atoms with Crippen molar-refractivity contribution < 1.29 is 4.79 Å². The first-order valence-corrected chi connectivity index (χ1v) is 3.78. The van der Waals surface area contributed by atoms with Crippen LogP contribution in [0.15, 0.2) is 0 Å². The summed E-state index contributed by atoms with van der Waals surface area (Å²) in [6.07, 6.45) is 9.00. The minimum Gasteiger partial charge on any atom is -0.352 e. The molecule has 7 N–H and O–H groups in total. The lowest BCUT2D eigenvalue weighted by Gasteiger charge is -2.05. The normalized spacial score (nSPS) is 15.3.